The molecule has 2 amide bonds. The lowest BCUT2D eigenvalue weighted by Gasteiger charge is -2.08. The topological polar surface area (TPSA) is 84.7 Å². The zero-order valence-corrected chi connectivity index (χ0v) is 15.5. The molecule has 0 saturated carbocycles. The number of benzene rings is 1. The van der Waals surface area contributed by atoms with Crippen LogP contribution in [0.4, 0.5) is 0 Å². The maximum Gasteiger partial charge on any atom is 0.287 e. The van der Waals surface area contributed by atoms with Gasteiger partial charge in [-0.3, -0.25) is 14.0 Å². The third-order valence-electron chi connectivity index (χ3n) is 4.02. The Balaban J connectivity index is 1.87. The summed E-state index contributed by atoms with van der Waals surface area (Å²) >= 11 is 0. The molecule has 0 bridgehead atoms. The van der Waals surface area contributed by atoms with Crippen LogP contribution in [-0.4, -0.2) is 34.4 Å². The van der Waals surface area contributed by atoms with E-state index in [1.165, 1.54) is 0 Å². The third-order valence-corrected chi connectivity index (χ3v) is 4.02. The first-order valence-electron chi connectivity index (χ1n) is 8.69. The second kappa shape index (κ2) is 7.90. The van der Waals surface area contributed by atoms with E-state index in [1.807, 2.05) is 38.1 Å². The third kappa shape index (κ3) is 3.92. The van der Waals surface area contributed by atoms with Gasteiger partial charge >= 0.3 is 0 Å². The van der Waals surface area contributed by atoms with Crippen LogP contribution in [0.5, 0.6) is 5.75 Å². The highest BCUT2D eigenvalue weighted by atomic mass is 16.5. The Morgan fingerprint density at radius 3 is 2.59 bits per heavy atom. The van der Waals surface area contributed by atoms with Crippen LogP contribution in [-0.2, 0) is 6.54 Å². The van der Waals surface area contributed by atoms with Crippen molar-refractivity contribution in [1.82, 2.24) is 20.0 Å². The Morgan fingerprint density at radius 1 is 1.11 bits per heavy atom. The number of ether oxygens (including phenoxy) is 1. The number of methoxy groups -OCH3 is 1. The van der Waals surface area contributed by atoms with Gasteiger partial charge in [-0.05, 0) is 32.0 Å². The highest BCUT2D eigenvalue weighted by Gasteiger charge is 2.21. The average Bonchev–Trinajstić information content (AvgIpc) is 3.06. The molecule has 0 saturated heterocycles. The molecule has 0 aliphatic carbocycles. The normalized spacial score (nSPS) is 10.8. The van der Waals surface area contributed by atoms with Gasteiger partial charge < -0.3 is 15.4 Å². The summed E-state index contributed by atoms with van der Waals surface area (Å²) in [5, 5.41) is 5.65. The summed E-state index contributed by atoms with van der Waals surface area (Å²) in [6.07, 6.45) is 1.72. The van der Waals surface area contributed by atoms with Crippen molar-refractivity contribution >= 4 is 17.3 Å². The van der Waals surface area contributed by atoms with Crippen molar-refractivity contribution in [3.63, 3.8) is 0 Å². The molecule has 140 valence electrons. The quantitative estimate of drug-likeness (QED) is 0.702. The van der Waals surface area contributed by atoms with E-state index in [-0.39, 0.29) is 29.4 Å². The molecule has 0 unspecified atom stereocenters. The predicted octanol–water partition coefficient (Wildman–Crippen LogP) is 2.41. The van der Waals surface area contributed by atoms with Crippen LogP contribution < -0.4 is 15.4 Å². The number of fused-ring (bicyclic) bond motifs is 1. The van der Waals surface area contributed by atoms with Crippen molar-refractivity contribution < 1.29 is 14.3 Å². The van der Waals surface area contributed by atoms with E-state index >= 15 is 0 Å². The van der Waals surface area contributed by atoms with E-state index in [2.05, 4.69) is 15.6 Å². The lowest BCUT2D eigenvalue weighted by Crippen LogP contribution is -2.31. The standard InChI is InChI=1S/C20H22N4O3/c1-13(2)22-20(26)18-23-17(15-9-6-7-11-24(15)18)19(25)21-12-14-8-4-5-10-16(14)27-3/h4-11,13H,12H2,1-3H3,(H,21,25)(H,22,26). The fraction of sp³-hybridized carbons (Fsp3) is 0.250. The first kappa shape index (κ1) is 18.4. The number of rotatable bonds is 6. The minimum Gasteiger partial charge on any atom is -0.496 e. The number of hydrogen-bond acceptors (Lipinski definition) is 4. The zero-order chi connectivity index (χ0) is 19.4. The minimum absolute atomic E-state index is 0.0311. The number of carbonyl (C=O) groups is 2. The molecular weight excluding hydrogens is 344 g/mol. The number of amides is 2. The molecule has 0 fully saturated rings. The van der Waals surface area contributed by atoms with Crippen molar-refractivity contribution in [2.75, 3.05) is 7.11 Å². The lowest BCUT2D eigenvalue weighted by molar-refractivity contribution is 0.0932. The Labute approximate surface area is 157 Å². The Kier molecular flexibility index (Phi) is 5.40. The van der Waals surface area contributed by atoms with Gasteiger partial charge in [0, 0.05) is 24.3 Å². The van der Waals surface area contributed by atoms with Gasteiger partial charge in [-0.2, -0.15) is 0 Å². The number of pyridine rings is 1. The fourth-order valence-corrected chi connectivity index (χ4v) is 2.80. The van der Waals surface area contributed by atoms with Crippen molar-refractivity contribution in [3.8, 4) is 5.75 Å². The van der Waals surface area contributed by atoms with E-state index in [0.29, 0.717) is 17.8 Å². The SMILES string of the molecule is COc1ccccc1CNC(=O)c1nc(C(=O)NC(C)C)n2ccccc12. The predicted molar refractivity (Wildman–Crippen MR) is 102 cm³/mol. The van der Waals surface area contributed by atoms with Gasteiger partial charge in [0.05, 0.1) is 12.6 Å². The van der Waals surface area contributed by atoms with Crippen LogP contribution in [0.3, 0.4) is 0 Å². The largest absolute Gasteiger partial charge is 0.496 e. The lowest BCUT2D eigenvalue weighted by atomic mass is 10.2. The zero-order valence-electron chi connectivity index (χ0n) is 15.5. The summed E-state index contributed by atoms with van der Waals surface area (Å²) in [6.45, 7) is 4.03. The van der Waals surface area contributed by atoms with Crippen LogP contribution in [0.15, 0.2) is 48.7 Å². The molecule has 0 aliphatic heterocycles. The van der Waals surface area contributed by atoms with Crippen molar-refractivity contribution in [2.24, 2.45) is 0 Å². The second-order valence-electron chi connectivity index (χ2n) is 6.36. The van der Waals surface area contributed by atoms with Crippen LogP contribution in [0.1, 0.15) is 40.5 Å². The first-order valence-corrected chi connectivity index (χ1v) is 8.69. The first-order chi connectivity index (χ1) is 13.0. The number of aromatic nitrogens is 2. The van der Waals surface area contributed by atoms with Gasteiger partial charge in [0.2, 0.25) is 5.82 Å². The summed E-state index contributed by atoms with van der Waals surface area (Å²) in [7, 11) is 1.59. The molecule has 0 atom stereocenters. The van der Waals surface area contributed by atoms with Crippen LogP contribution in [0.2, 0.25) is 0 Å². The molecule has 0 aliphatic rings. The Hall–Kier alpha value is -3.35. The average molecular weight is 366 g/mol. The van der Waals surface area contributed by atoms with Crippen LogP contribution in [0.25, 0.3) is 5.52 Å². The van der Waals surface area contributed by atoms with E-state index in [4.69, 9.17) is 4.74 Å². The number of carbonyl (C=O) groups excluding carboxylic acids is 2. The Morgan fingerprint density at radius 2 is 1.85 bits per heavy atom. The monoisotopic (exact) mass is 366 g/mol. The molecule has 0 spiro atoms. The maximum atomic E-state index is 12.7. The van der Waals surface area contributed by atoms with Crippen molar-refractivity contribution in [1.29, 1.82) is 0 Å². The summed E-state index contributed by atoms with van der Waals surface area (Å²) in [5.41, 5.74) is 1.64. The molecular formula is C20H22N4O3. The highest BCUT2D eigenvalue weighted by Crippen LogP contribution is 2.18. The molecule has 7 nitrogen and oxygen atoms in total. The van der Waals surface area contributed by atoms with Gasteiger partial charge in [0.1, 0.15) is 5.75 Å². The number of nitrogens with one attached hydrogen (secondary N) is 2. The number of hydrogen-bond donors (Lipinski definition) is 2. The molecule has 2 aromatic heterocycles. The summed E-state index contributed by atoms with van der Waals surface area (Å²) in [4.78, 5) is 29.5. The van der Waals surface area contributed by atoms with Gasteiger partial charge in [-0.15, -0.1) is 0 Å². The van der Waals surface area contributed by atoms with Crippen molar-refractivity contribution in [3.05, 3.63) is 65.7 Å². The molecule has 0 radical (unpaired) electrons. The molecule has 27 heavy (non-hydrogen) atoms. The highest BCUT2D eigenvalue weighted by molar-refractivity contribution is 6.02. The molecule has 3 rings (SSSR count). The fourth-order valence-electron chi connectivity index (χ4n) is 2.80. The van der Waals surface area contributed by atoms with E-state index in [1.54, 1.807) is 35.9 Å². The van der Waals surface area contributed by atoms with E-state index < -0.39 is 0 Å². The summed E-state index contributed by atoms with van der Waals surface area (Å²) in [5.74, 6) is 0.203. The van der Waals surface area contributed by atoms with Crippen LogP contribution in [0, 0.1) is 0 Å². The van der Waals surface area contributed by atoms with Gasteiger partial charge in [-0.25, -0.2) is 4.98 Å². The smallest absolute Gasteiger partial charge is 0.287 e. The summed E-state index contributed by atoms with van der Waals surface area (Å²) < 4.78 is 6.92. The van der Waals surface area contributed by atoms with Crippen LogP contribution >= 0.6 is 0 Å². The maximum absolute atomic E-state index is 12.7. The van der Waals surface area contributed by atoms with Gasteiger partial charge in [0.15, 0.2) is 5.69 Å². The molecule has 2 heterocycles. The molecule has 1 aromatic carbocycles. The van der Waals surface area contributed by atoms with Gasteiger partial charge in [-0.1, -0.05) is 24.3 Å². The number of imidazole rings is 1. The molecule has 2 N–H and O–H groups in total. The Bertz CT molecular complexity index is 978. The molecule has 3 aromatic rings. The minimum atomic E-state index is -0.354. The summed E-state index contributed by atoms with van der Waals surface area (Å²) in [6, 6.07) is 12.8. The van der Waals surface area contributed by atoms with Gasteiger partial charge in [0.25, 0.3) is 11.8 Å². The molecule has 7 heteroatoms. The van der Waals surface area contributed by atoms with E-state index in [9.17, 15) is 9.59 Å². The number of para-hydroxylation sites is 1. The van der Waals surface area contributed by atoms with Crippen molar-refractivity contribution in [2.45, 2.75) is 26.4 Å². The number of nitrogens with zero attached hydrogens (tertiary/aromatic N) is 2. The second-order valence-corrected chi connectivity index (χ2v) is 6.36. The van der Waals surface area contributed by atoms with E-state index in [0.717, 1.165) is 5.56 Å².